The zero-order valence-electron chi connectivity index (χ0n) is 17.8. The minimum absolute atomic E-state index is 0.142. The van der Waals surface area contributed by atoms with Crippen molar-refractivity contribution >= 4 is 11.4 Å². The number of hydrazine groups is 1. The Morgan fingerprint density at radius 2 is 1.38 bits per heavy atom. The first-order valence-electron chi connectivity index (χ1n) is 10.6. The third-order valence-electron chi connectivity index (χ3n) is 5.65. The van der Waals surface area contributed by atoms with Gasteiger partial charge >= 0.3 is 0 Å². The van der Waals surface area contributed by atoms with Crippen LogP contribution in [-0.4, -0.2) is 0 Å². The van der Waals surface area contributed by atoms with Crippen LogP contribution in [0.5, 0.6) is 0 Å². The van der Waals surface area contributed by atoms with Gasteiger partial charge in [-0.2, -0.15) is 0 Å². The molecule has 0 saturated carbocycles. The summed E-state index contributed by atoms with van der Waals surface area (Å²) in [6, 6.07) is 28.1. The summed E-state index contributed by atoms with van der Waals surface area (Å²) >= 11 is 0. The van der Waals surface area contributed by atoms with Crippen molar-refractivity contribution in [1.29, 1.82) is 0 Å². The second-order valence-electron chi connectivity index (χ2n) is 8.37. The highest BCUT2D eigenvalue weighted by Gasteiger charge is 2.30. The molecule has 0 saturated heterocycles. The van der Waals surface area contributed by atoms with E-state index in [0.717, 1.165) is 5.70 Å². The third-order valence-corrected chi connectivity index (χ3v) is 5.65. The molecule has 0 aromatic heterocycles. The Morgan fingerprint density at radius 1 is 0.724 bits per heavy atom. The second kappa shape index (κ2) is 8.16. The highest BCUT2D eigenvalue weighted by Crippen LogP contribution is 2.40. The Morgan fingerprint density at radius 3 is 2.00 bits per heavy atom. The smallest absolute Gasteiger partial charge is 0.0961 e. The van der Waals surface area contributed by atoms with E-state index in [1.54, 1.807) is 0 Å². The highest BCUT2D eigenvalue weighted by molar-refractivity contribution is 5.72. The fourth-order valence-corrected chi connectivity index (χ4v) is 4.32. The average Bonchev–Trinajstić information content (AvgIpc) is 3.19. The minimum Gasteiger partial charge on any atom is -0.297 e. The van der Waals surface area contributed by atoms with Crippen LogP contribution in [0, 0.1) is 0 Å². The zero-order valence-corrected chi connectivity index (χ0v) is 17.8. The number of rotatable bonds is 5. The molecule has 1 aliphatic heterocycles. The first-order valence-corrected chi connectivity index (χ1v) is 10.6. The molecule has 1 aliphatic rings. The van der Waals surface area contributed by atoms with E-state index in [4.69, 9.17) is 0 Å². The van der Waals surface area contributed by atoms with Crippen LogP contribution in [0.25, 0.3) is 5.70 Å². The Kier molecular flexibility index (Phi) is 5.44. The normalized spacial score (nSPS) is 16.3. The summed E-state index contributed by atoms with van der Waals surface area (Å²) < 4.78 is 0. The van der Waals surface area contributed by atoms with E-state index in [-0.39, 0.29) is 6.04 Å². The van der Waals surface area contributed by atoms with Gasteiger partial charge in [0.25, 0.3) is 0 Å². The molecule has 29 heavy (non-hydrogen) atoms. The molecule has 0 aliphatic carbocycles. The van der Waals surface area contributed by atoms with Gasteiger partial charge in [-0.3, -0.25) is 10.4 Å². The van der Waals surface area contributed by atoms with Crippen LogP contribution in [0.4, 0.5) is 5.69 Å². The lowest BCUT2D eigenvalue weighted by Gasteiger charge is -2.31. The molecular formula is C27H30N2. The van der Waals surface area contributed by atoms with E-state index < -0.39 is 0 Å². The summed E-state index contributed by atoms with van der Waals surface area (Å²) in [6.07, 6.45) is 2.37. The summed E-state index contributed by atoms with van der Waals surface area (Å²) in [4.78, 5) is 0. The van der Waals surface area contributed by atoms with Crippen molar-refractivity contribution in [2.75, 3.05) is 5.01 Å². The van der Waals surface area contributed by atoms with Crippen LogP contribution in [0.3, 0.4) is 0 Å². The SMILES string of the molecule is CC(C)c1cccc(C2C=C(c3ccccc3)NN2c2ccccc2)c1C(C)C. The lowest BCUT2D eigenvalue weighted by atomic mass is 9.84. The van der Waals surface area contributed by atoms with Crippen molar-refractivity contribution in [3.63, 3.8) is 0 Å². The molecule has 3 aromatic carbocycles. The maximum atomic E-state index is 3.68. The molecule has 0 fully saturated rings. The number of benzene rings is 3. The number of nitrogens with one attached hydrogen (secondary N) is 1. The summed E-state index contributed by atoms with van der Waals surface area (Å²) in [5.41, 5.74) is 11.5. The number of nitrogens with zero attached hydrogens (tertiary/aromatic N) is 1. The van der Waals surface area contributed by atoms with Crippen molar-refractivity contribution in [3.05, 3.63) is 107 Å². The molecule has 0 spiro atoms. The number of hydrogen-bond donors (Lipinski definition) is 1. The van der Waals surface area contributed by atoms with E-state index >= 15 is 0 Å². The average molecular weight is 383 g/mol. The molecular weight excluding hydrogens is 352 g/mol. The first-order chi connectivity index (χ1) is 14.1. The highest BCUT2D eigenvalue weighted by atomic mass is 15.5. The Balaban J connectivity index is 1.86. The van der Waals surface area contributed by atoms with Crippen LogP contribution in [0.1, 0.15) is 67.8 Å². The Bertz CT molecular complexity index is 988. The predicted molar refractivity (Wildman–Crippen MR) is 124 cm³/mol. The van der Waals surface area contributed by atoms with Gasteiger partial charge in [0, 0.05) is 0 Å². The molecule has 2 nitrogen and oxygen atoms in total. The molecule has 0 radical (unpaired) electrons. The van der Waals surface area contributed by atoms with E-state index in [1.165, 1.54) is 27.9 Å². The molecule has 1 unspecified atom stereocenters. The fraction of sp³-hybridized carbons (Fsp3) is 0.259. The number of para-hydroxylation sites is 1. The molecule has 3 aromatic rings. The van der Waals surface area contributed by atoms with Gasteiger partial charge < -0.3 is 0 Å². The van der Waals surface area contributed by atoms with Crippen LogP contribution in [-0.2, 0) is 0 Å². The number of hydrogen-bond acceptors (Lipinski definition) is 2. The number of anilines is 1. The van der Waals surface area contributed by atoms with Crippen LogP contribution < -0.4 is 10.4 Å². The monoisotopic (exact) mass is 382 g/mol. The second-order valence-corrected chi connectivity index (χ2v) is 8.37. The van der Waals surface area contributed by atoms with Gasteiger partial charge in [0.15, 0.2) is 0 Å². The van der Waals surface area contributed by atoms with Gasteiger partial charge in [0.2, 0.25) is 0 Å². The van der Waals surface area contributed by atoms with E-state index in [1.807, 2.05) is 0 Å². The molecule has 1 N–H and O–H groups in total. The van der Waals surface area contributed by atoms with Crippen LogP contribution >= 0.6 is 0 Å². The topological polar surface area (TPSA) is 15.3 Å². The Hall–Kier alpha value is -3.00. The van der Waals surface area contributed by atoms with Gasteiger partial charge in [-0.05, 0) is 52.3 Å². The quantitative estimate of drug-likeness (QED) is 0.509. The molecule has 0 bridgehead atoms. The maximum absolute atomic E-state index is 3.68. The standard InChI is InChI=1S/C27H30N2/c1-19(2)23-16-11-17-24(27(23)20(3)4)26-18-25(21-12-7-5-8-13-21)28-29(26)22-14-9-6-10-15-22/h5-20,26,28H,1-4H3. The van der Waals surface area contributed by atoms with Crippen molar-refractivity contribution in [2.24, 2.45) is 0 Å². The largest absolute Gasteiger partial charge is 0.297 e. The molecule has 2 heteroatoms. The van der Waals surface area contributed by atoms with Crippen molar-refractivity contribution < 1.29 is 0 Å². The van der Waals surface area contributed by atoms with Crippen molar-refractivity contribution in [3.8, 4) is 0 Å². The third kappa shape index (κ3) is 3.80. The van der Waals surface area contributed by atoms with Gasteiger partial charge in [-0.15, -0.1) is 0 Å². The van der Waals surface area contributed by atoms with Crippen LogP contribution in [0.2, 0.25) is 0 Å². The van der Waals surface area contributed by atoms with Gasteiger partial charge in [0.1, 0.15) is 0 Å². The van der Waals surface area contributed by atoms with Gasteiger partial charge in [-0.25, -0.2) is 0 Å². The molecule has 1 heterocycles. The fourth-order valence-electron chi connectivity index (χ4n) is 4.32. The van der Waals surface area contributed by atoms with Crippen molar-refractivity contribution in [2.45, 2.75) is 45.6 Å². The lowest BCUT2D eigenvalue weighted by molar-refractivity contribution is 0.696. The first kappa shape index (κ1) is 19.3. The van der Waals surface area contributed by atoms with Crippen molar-refractivity contribution in [1.82, 2.24) is 5.43 Å². The summed E-state index contributed by atoms with van der Waals surface area (Å²) in [5.74, 6) is 0.972. The summed E-state index contributed by atoms with van der Waals surface area (Å²) in [5, 5.41) is 2.30. The molecule has 1 atom stereocenters. The van der Waals surface area contributed by atoms with Gasteiger partial charge in [-0.1, -0.05) is 94.4 Å². The Labute approximate surface area is 174 Å². The summed E-state index contributed by atoms with van der Waals surface area (Å²) in [6.45, 7) is 9.19. The molecule has 4 rings (SSSR count). The minimum atomic E-state index is 0.142. The summed E-state index contributed by atoms with van der Waals surface area (Å²) in [7, 11) is 0. The zero-order chi connectivity index (χ0) is 20.4. The molecule has 0 amide bonds. The van der Waals surface area contributed by atoms with Gasteiger partial charge in [0.05, 0.1) is 17.4 Å². The maximum Gasteiger partial charge on any atom is 0.0961 e. The van der Waals surface area contributed by atoms with E-state index in [9.17, 15) is 0 Å². The van der Waals surface area contributed by atoms with E-state index in [2.05, 4.69) is 123 Å². The van der Waals surface area contributed by atoms with E-state index in [0.29, 0.717) is 11.8 Å². The lowest BCUT2D eigenvalue weighted by Crippen LogP contribution is -2.34. The van der Waals surface area contributed by atoms with Crippen LogP contribution in [0.15, 0.2) is 84.9 Å². The predicted octanol–water partition coefficient (Wildman–Crippen LogP) is 7.04. The molecule has 148 valence electrons.